The number of nitrogens with two attached hydrogens (primary N) is 2. The fourth-order valence-corrected chi connectivity index (χ4v) is 1.58. The molecule has 0 saturated carbocycles. The topological polar surface area (TPSA) is 103 Å². The number of hydrogen-bond donors (Lipinski definition) is 3. The van der Waals surface area contributed by atoms with E-state index < -0.39 is 5.91 Å². The highest BCUT2D eigenvalue weighted by Gasteiger charge is 2.06. The second-order valence-corrected chi connectivity index (χ2v) is 4.61. The Bertz CT molecular complexity index is 615. The number of carbonyl (C=O) groups is 1. The maximum atomic E-state index is 10.8. The SMILES string of the molecule is CC.CC1=CC=C(N)C(C)N1.Cn1cc(C(N)=O)ccc1=O. The number of aromatic nitrogens is 1. The van der Waals surface area contributed by atoms with Gasteiger partial charge in [-0.25, -0.2) is 0 Å². The van der Waals surface area contributed by atoms with Crippen LogP contribution in [0, 0.1) is 0 Å². The van der Waals surface area contributed by atoms with Crippen molar-refractivity contribution in [3.63, 3.8) is 0 Å². The largest absolute Gasteiger partial charge is 0.400 e. The summed E-state index contributed by atoms with van der Waals surface area (Å²) in [7, 11) is 1.56. The Morgan fingerprint density at radius 2 is 1.86 bits per heavy atom. The second-order valence-electron chi connectivity index (χ2n) is 4.61. The van der Waals surface area contributed by atoms with Gasteiger partial charge in [0, 0.05) is 30.7 Å². The van der Waals surface area contributed by atoms with Crippen molar-refractivity contribution in [2.45, 2.75) is 33.7 Å². The molecule has 1 atom stereocenters. The van der Waals surface area contributed by atoms with E-state index in [0.717, 1.165) is 5.70 Å². The lowest BCUT2D eigenvalue weighted by Crippen LogP contribution is -2.32. The molecule has 0 aromatic carbocycles. The molecule has 1 aliphatic rings. The van der Waals surface area contributed by atoms with Gasteiger partial charge < -0.3 is 21.4 Å². The van der Waals surface area contributed by atoms with Crippen LogP contribution in [-0.4, -0.2) is 16.5 Å². The van der Waals surface area contributed by atoms with E-state index in [1.165, 1.54) is 28.6 Å². The van der Waals surface area contributed by atoms with Gasteiger partial charge in [0.05, 0.1) is 11.6 Å². The van der Waals surface area contributed by atoms with E-state index in [1.807, 2.05) is 39.8 Å². The molecule has 0 spiro atoms. The summed E-state index contributed by atoms with van der Waals surface area (Å²) >= 11 is 0. The van der Waals surface area contributed by atoms with Crippen molar-refractivity contribution in [3.05, 3.63) is 57.8 Å². The third kappa shape index (κ3) is 6.30. The third-order valence-electron chi connectivity index (χ3n) is 2.84. The zero-order chi connectivity index (χ0) is 17.3. The Labute approximate surface area is 131 Å². The van der Waals surface area contributed by atoms with Crippen molar-refractivity contribution in [3.8, 4) is 0 Å². The summed E-state index contributed by atoms with van der Waals surface area (Å²) in [4.78, 5) is 21.4. The van der Waals surface area contributed by atoms with Crippen LogP contribution in [0.3, 0.4) is 0 Å². The van der Waals surface area contributed by atoms with Crippen LogP contribution >= 0.6 is 0 Å². The Kier molecular flexibility index (Phi) is 8.37. The van der Waals surface area contributed by atoms with Gasteiger partial charge in [0.25, 0.3) is 0 Å². The van der Waals surface area contributed by atoms with Gasteiger partial charge in [-0.2, -0.15) is 0 Å². The van der Waals surface area contributed by atoms with E-state index in [0.29, 0.717) is 11.6 Å². The van der Waals surface area contributed by atoms with Crippen molar-refractivity contribution in [1.29, 1.82) is 0 Å². The van der Waals surface area contributed by atoms with Gasteiger partial charge in [0.2, 0.25) is 11.5 Å². The Balaban J connectivity index is 0.000000366. The predicted molar refractivity (Wildman–Crippen MR) is 90.2 cm³/mol. The number of dihydropyridines is 1. The molecule has 0 fully saturated rings. The summed E-state index contributed by atoms with van der Waals surface area (Å²) < 4.78 is 1.31. The number of rotatable bonds is 1. The molecule has 2 heterocycles. The molecule has 22 heavy (non-hydrogen) atoms. The molecule has 6 heteroatoms. The van der Waals surface area contributed by atoms with Crippen LogP contribution in [0.4, 0.5) is 0 Å². The summed E-state index contributed by atoms with van der Waals surface area (Å²) in [5.41, 5.74) is 12.8. The first kappa shape index (κ1) is 19.5. The van der Waals surface area contributed by atoms with Gasteiger partial charge in [-0.15, -0.1) is 0 Å². The zero-order valence-electron chi connectivity index (χ0n) is 13.9. The second kappa shape index (κ2) is 9.44. The molecule has 5 N–H and O–H groups in total. The van der Waals surface area contributed by atoms with Crippen LogP contribution in [-0.2, 0) is 7.05 Å². The number of hydrogen-bond acceptors (Lipinski definition) is 4. The number of allylic oxidation sites excluding steroid dienone is 3. The number of nitrogens with one attached hydrogen (secondary N) is 1. The first-order valence-electron chi connectivity index (χ1n) is 7.18. The zero-order valence-corrected chi connectivity index (χ0v) is 13.9. The normalized spacial score (nSPS) is 15.8. The quantitative estimate of drug-likeness (QED) is 0.726. The number of pyridine rings is 1. The Hall–Kier alpha value is -2.50. The molecule has 0 bridgehead atoms. The molecule has 0 aliphatic carbocycles. The number of amides is 1. The van der Waals surface area contributed by atoms with Gasteiger partial charge in [-0.1, -0.05) is 13.8 Å². The molecule has 1 unspecified atom stereocenters. The summed E-state index contributed by atoms with van der Waals surface area (Å²) in [6.07, 6.45) is 5.33. The molecular formula is C16H26N4O2. The summed E-state index contributed by atoms with van der Waals surface area (Å²) in [5, 5.41) is 3.20. The highest BCUT2D eigenvalue weighted by atomic mass is 16.1. The molecule has 1 amide bonds. The van der Waals surface area contributed by atoms with Crippen LogP contribution in [0.1, 0.15) is 38.1 Å². The summed E-state index contributed by atoms with van der Waals surface area (Å²) in [5.74, 6) is -0.527. The monoisotopic (exact) mass is 306 g/mol. The van der Waals surface area contributed by atoms with Crippen molar-refractivity contribution in [2.75, 3.05) is 0 Å². The molecule has 2 rings (SSSR count). The molecule has 6 nitrogen and oxygen atoms in total. The maximum Gasteiger partial charge on any atom is 0.250 e. The lowest BCUT2D eigenvalue weighted by Gasteiger charge is -2.19. The minimum Gasteiger partial charge on any atom is -0.400 e. The first-order valence-corrected chi connectivity index (χ1v) is 7.18. The minimum atomic E-state index is -0.527. The minimum absolute atomic E-state index is 0.157. The van der Waals surface area contributed by atoms with E-state index >= 15 is 0 Å². The van der Waals surface area contributed by atoms with Gasteiger partial charge in [0.15, 0.2) is 0 Å². The van der Waals surface area contributed by atoms with E-state index in [-0.39, 0.29) is 5.56 Å². The van der Waals surface area contributed by atoms with Gasteiger partial charge in [-0.05, 0) is 32.1 Å². The van der Waals surface area contributed by atoms with Crippen LogP contribution in [0.25, 0.3) is 0 Å². The van der Waals surface area contributed by atoms with Crippen molar-refractivity contribution >= 4 is 5.91 Å². The fourth-order valence-electron chi connectivity index (χ4n) is 1.58. The Morgan fingerprint density at radius 1 is 1.27 bits per heavy atom. The molecule has 1 aromatic heterocycles. The predicted octanol–water partition coefficient (Wildman–Crippen LogP) is 1.23. The lowest BCUT2D eigenvalue weighted by molar-refractivity contribution is 0.0999. The Morgan fingerprint density at radius 3 is 2.27 bits per heavy atom. The number of aryl methyl sites for hydroxylation is 1. The van der Waals surface area contributed by atoms with Gasteiger partial charge in [-0.3, -0.25) is 9.59 Å². The van der Waals surface area contributed by atoms with Crippen molar-refractivity contribution in [2.24, 2.45) is 18.5 Å². The van der Waals surface area contributed by atoms with Gasteiger partial charge >= 0.3 is 0 Å². The highest BCUT2D eigenvalue weighted by Crippen LogP contribution is 2.04. The van der Waals surface area contributed by atoms with E-state index in [2.05, 4.69) is 5.32 Å². The summed E-state index contributed by atoms with van der Waals surface area (Å²) in [6, 6.07) is 3.01. The van der Waals surface area contributed by atoms with Crippen molar-refractivity contribution in [1.82, 2.24) is 9.88 Å². The van der Waals surface area contributed by atoms with Crippen LogP contribution < -0.4 is 22.3 Å². The molecule has 1 aromatic rings. The van der Waals surface area contributed by atoms with E-state index in [4.69, 9.17) is 11.5 Å². The summed E-state index contributed by atoms with van der Waals surface area (Å²) in [6.45, 7) is 8.07. The first-order chi connectivity index (χ1) is 10.3. The van der Waals surface area contributed by atoms with E-state index in [9.17, 15) is 9.59 Å². The average Bonchev–Trinajstić information content (AvgIpc) is 2.49. The standard InChI is InChI=1S/C7H8N2O2.C7H12N2.C2H6/c1-9-4-5(7(8)11)2-3-6(9)10;1-5-3-4-7(8)6(2)9-5;1-2/h2-4H,1H3,(H2,8,11);3-4,6,9H,8H2,1-2H3;1-2H3. The van der Waals surface area contributed by atoms with Gasteiger partial charge in [0.1, 0.15) is 0 Å². The fraction of sp³-hybridized carbons (Fsp3) is 0.375. The number of nitrogens with zero attached hydrogens (tertiary/aromatic N) is 1. The molecule has 0 saturated heterocycles. The highest BCUT2D eigenvalue weighted by molar-refractivity contribution is 5.92. The molecule has 0 radical (unpaired) electrons. The average molecular weight is 306 g/mol. The smallest absolute Gasteiger partial charge is 0.250 e. The lowest BCUT2D eigenvalue weighted by atomic mass is 10.1. The number of carbonyl (C=O) groups excluding carboxylic acids is 1. The molecule has 1 aliphatic heterocycles. The number of primary amides is 1. The van der Waals surface area contributed by atoms with Crippen LogP contribution in [0.5, 0.6) is 0 Å². The van der Waals surface area contributed by atoms with Crippen molar-refractivity contribution < 1.29 is 4.79 Å². The third-order valence-corrected chi connectivity index (χ3v) is 2.84. The molecule has 122 valence electrons. The van der Waals surface area contributed by atoms with Crippen LogP contribution in [0.2, 0.25) is 0 Å². The van der Waals surface area contributed by atoms with E-state index in [1.54, 1.807) is 7.05 Å². The molecular weight excluding hydrogens is 280 g/mol. The maximum absolute atomic E-state index is 10.8. The van der Waals surface area contributed by atoms with Crippen LogP contribution in [0.15, 0.2) is 46.7 Å².